The number of carbonyl (C=O) groups is 1. The van der Waals surface area contributed by atoms with Gasteiger partial charge in [-0.1, -0.05) is 24.3 Å². The van der Waals surface area contributed by atoms with Crippen molar-refractivity contribution in [2.24, 2.45) is 0 Å². The topological polar surface area (TPSA) is 68.7 Å². The maximum absolute atomic E-state index is 12.1. The number of hydrogen-bond donors (Lipinski definition) is 2. The van der Waals surface area contributed by atoms with Gasteiger partial charge in [-0.05, 0) is 29.8 Å². The molecular weight excluding hydrogens is 262 g/mol. The van der Waals surface area contributed by atoms with Crippen LogP contribution in [0.5, 0.6) is 0 Å². The number of nitriles is 1. The summed E-state index contributed by atoms with van der Waals surface area (Å²) >= 11 is 0. The molecule has 0 aliphatic rings. The second-order valence-electron chi connectivity index (χ2n) is 4.78. The van der Waals surface area contributed by atoms with Gasteiger partial charge in [0.1, 0.15) is 0 Å². The molecule has 102 valence electrons. The van der Waals surface area contributed by atoms with E-state index in [-0.39, 0.29) is 5.91 Å². The van der Waals surface area contributed by atoms with Gasteiger partial charge in [0, 0.05) is 22.8 Å². The summed E-state index contributed by atoms with van der Waals surface area (Å²) in [5.74, 6) is -0.102. The van der Waals surface area contributed by atoms with Crippen LogP contribution in [0.1, 0.15) is 11.1 Å². The third kappa shape index (κ3) is 2.77. The number of amides is 1. The number of nitrogens with one attached hydrogen (secondary N) is 2. The second-order valence-corrected chi connectivity index (χ2v) is 4.78. The van der Waals surface area contributed by atoms with Gasteiger partial charge in [0.25, 0.3) is 0 Å². The maximum atomic E-state index is 12.1. The van der Waals surface area contributed by atoms with E-state index in [1.807, 2.05) is 30.5 Å². The Kier molecular flexibility index (Phi) is 3.40. The van der Waals surface area contributed by atoms with Gasteiger partial charge in [-0.2, -0.15) is 5.26 Å². The zero-order valence-corrected chi connectivity index (χ0v) is 11.3. The molecule has 0 unspecified atom stereocenters. The Bertz CT molecular complexity index is 842. The van der Waals surface area contributed by atoms with Crippen molar-refractivity contribution in [3.05, 3.63) is 65.9 Å². The number of carbonyl (C=O) groups excluding carboxylic acids is 1. The number of aromatic nitrogens is 1. The third-order valence-electron chi connectivity index (χ3n) is 3.30. The van der Waals surface area contributed by atoms with Crippen LogP contribution >= 0.6 is 0 Å². The van der Waals surface area contributed by atoms with Gasteiger partial charge in [-0.15, -0.1) is 0 Å². The summed E-state index contributed by atoms with van der Waals surface area (Å²) in [4.78, 5) is 15.3. The number of benzene rings is 2. The van der Waals surface area contributed by atoms with E-state index in [1.54, 1.807) is 24.3 Å². The number of hydrogen-bond acceptors (Lipinski definition) is 2. The van der Waals surface area contributed by atoms with Gasteiger partial charge in [0.15, 0.2) is 0 Å². The molecule has 0 saturated heterocycles. The summed E-state index contributed by atoms with van der Waals surface area (Å²) < 4.78 is 0. The normalized spacial score (nSPS) is 10.2. The van der Waals surface area contributed by atoms with Crippen LogP contribution in [0.3, 0.4) is 0 Å². The van der Waals surface area contributed by atoms with Crippen LogP contribution in [0.4, 0.5) is 5.69 Å². The zero-order chi connectivity index (χ0) is 14.7. The monoisotopic (exact) mass is 275 g/mol. The highest BCUT2D eigenvalue weighted by Gasteiger charge is 2.09. The summed E-state index contributed by atoms with van der Waals surface area (Å²) in [6.07, 6.45) is 2.15. The molecule has 3 aromatic rings. The number of rotatable bonds is 3. The molecule has 0 aliphatic heterocycles. The summed E-state index contributed by atoms with van der Waals surface area (Å²) in [5, 5.41) is 12.7. The minimum atomic E-state index is -0.102. The summed E-state index contributed by atoms with van der Waals surface area (Å²) in [7, 11) is 0. The molecule has 3 rings (SSSR count). The Balaban J connectivity index is 1.76. The molecular formula is C17H13N3O. The number of fused-ring (bicyclic) bond motifs is 1. The molecule has 0 bridgehead atoms. The molecule has 0 aliphatic carbocycles. The van der Waals surface area contributed by atoms with Gasteiger partial charge < -0.3 is 10.3 Å². The average molecular weight is 275 g/mol. The highest BCUT2D eigenvalue weighted by atomic mass is 16.1. The molecule has 0 spiro atoms. The van der Waals surface area contributed by atoms with Crippen molar-refractivity contribution >= 4 is 22.5 Å². The first-order valence-corrected chi connectivity index (χ1v) is 6.61. The number of nitrogens with zero attached hydrogens (tertiary/aromatic N) is 1. The molecule has 2 aromatic carbocycles. The minimum absolute atomic E-state index is 0.102. The molecule has 4 nitrogen and oxygen atoms in total. The molecule has 4 heteroatoms. The number of anilines is 1. The summed E-state index contributed by atoms with van der Waals surface area (Å²) in [6.45, 7) is 0. The molecule has 1 aromatic heterocycles. The van der Waals surface area contributed by atoms with Crippen molar-refractivity contribution in [1.29, 1.82) is 5.26 Å². The lowest BCUT2D eigenvalue weighted by Gasteiger charge is -2.05. The molecule has 0 saturated carbocycles. The van der Waals surface area contributed by atoms with E-state index in [2.05, 4.69) is 16.4 Å². The van der Waals surface area contributed by atoms with Crippen LogP contribution < -0.4 is 5.32 Å². The van der Waals surface area contributed by atoms with Gasteiger partial charge in [0.05, 0.1) is 18.1 Å². The van der Waals surface area contributed by atoms with Crippen molar-refractivity contribution in [3.63, 3.8) is 0 Å². The van der Waals surface area contributed by atoms with Crippen LogP contribution in [-0.2, 0) is 11.2 Å². The van der Waals surface area contributed by atoms with Crippen molar-refractivity contribution < 1.29 is 4.79 Å². The fourth-order valence-corrected chi connectivity index (χ4v) is 2.32. The lowest BCUT2D eigenvalue weighted by molar-refractivity contribution is -0.115. The fraction of sp³-hybridized carbons (Fsp3) is 0.0588. The van der Waals surface area contributed by atoms with Crippen LogP contribution in [0.25, 0.3) is 10.9 Å². The molecule has 0 radical (unpaired) electrons. The Hall–Kier alpha value is -3.06. The highest BCUT2D eigenvalue weighted by Crippen LogP contribution is 2.18. The van der Waals surface area contributed by atoms with E-state index in [0.29, 0.717) is 17.7 Å². The molecule has 1 amide bonds. The molecule has 2 N–H and O–H groups in total. The second kappa shape index (κ2) is 5.51. The Labute approximate surface area is 122 Å². The summed E-state index contributed by atoms with van der Waals surface area (Å²) in [5.41, 5.74) is 3.14. The van der Waals surface area contributed by atoms with E-state index < -0.39 is 0 Å². The van der Waals surface area contributed by atoms with Crippen LogP contribution in [-0.4, -0.2) is 10.9 Å². The standard InChI is InChI=1S/C17H13N3O/c18-10-12-4-3-5-14(8-12)20-17(21)9-13-11-19-16-7-2-1-6-15(13)16/h1-8,11,19H,9H2,(H,20,21). The lowest BCUT2D eigenvalue weighted by Crippen LogP contribution is -2.14. The van der Waals surface area contributed by atoms with Crippen molar-refractivity contribution in [2.45, 2.75) is 6.42 Å². The van der Waals surface area contributed by atoms with E-state index in [0.717, 1.165) is 16.5 Å². The number of aromatic amines is 1. The smallest absolute Gasteiger partial charge is 0.228 e. The highest BCUT2D eigenvalue weighted by molar-refractivity contribution is 5.95. The molecule has 0 atom stereocenters. The summed E-state index contributed by atoms with van der Waals surface area (Å²) in [6, 6.07) is 16.8. The van der Waals surface area contributed by atoms with Crippen molar-refractivity contribution in [2.75, 3.05) is 5.32 Å². The first-order valence-electron chi connectivity index (χ1n) is 6.61. The first kappa shape index (κ1) is 12.9. The Morgan fingerprint density at radius 2 is 2.05 bits per heavy atom. The van der Waals surface area contributed by atoms with Gasteiger partial charge >= 0.3 is 0 Å². The maximum Gasteiger partial charge on any atom is 0.228 e. The zero-order valence-electron chi connectivity index (χ0n) is 11.3. The van der Waals surface area contributed by atoms with Crippen LogP contribution in [0.2, 0.25) is 0 Å². The number of H-pyrrole nitrogens is 1. The quantitative estimate of drug-likeness (QED) is 0.770. The molecule has 21 heavy (non-hydrogen) atoms. The third-order valence-corrected chi connectivity index (χ3v) is 3.30. The Morgan fingerprint density at radius 3 is 2.90 bits per heavy atom. The van der Waals surface area contributed by atoms with Crippen LogP contribution in [0.15, 0.2) is 54.7 Å². The van der Waals surface area contributed by atoms with E-state index in [9.17, 15) is 4.79 Å². The van der Waals surface area contributed by atoms with E-state index in [1.165, 1.54) is 0 Å². The Morgan fingerprint density at radius 1 is 1.19 bits per heavy atom. The van der Waals surface area contributed by atoms with Crippen molar-refractivity contribution in [1.82, 2.24) is 4.98 Å². The van der Waals surface area contributed by atoms with Crippen molar-refractivity contribution in [3.8, 4) is 6.07 Å². The average Bonchev–Trinajstić information content (AvgIpc) is 2.91. The van der Waals surface area contributed by atoms with E-state index in [4.69, 9.17) is 5.26 Å². The van der Waals surface area contributed by atoms with E-state index >= 15 is 0 Å². The predicted molar refractivity (Wildman–Crippen MR) is 81.8 cm³/mol. The fourth-order valence-electron chi connectivity index (χ4n) is 2.32. The SMILES string of the molecule is N#Cc1cccc(NC(=O)Cc2c[nH]c3ccccc23)c1. The van der Waals surface area contributed by atoms with Gasteiger partial charge in [-0.3, -0.25) is 4.79 Å². The minimum Gasteiger partial charge on any atom is -0.361 e. The van der Waals surface area contributed by atoms with Gasteiger partial charge in [0.2, 0.25) is 5.91 Å². The van der Waals surface area contributed by atoms with Gasteiger partial charge in [-0.25, -0.2) is 0 Å². The molecule has 1 heterocycles. The van der Waals surface area contributed by atoms with Crippen LogP contribution in [0, 0.1) is 11.3 Å². The predicted octanol–water partition coefficient (Wildman–Crippen LogP) is 3.22. The number of para-hydroxylation sites is 1. The first-order chi connectivity index (χ1) is 10.3. The molecule has 0 fully saturated rings. The largest absolute Gasteiger partial charge is 0.361 e. The lowest BCUT2D eigenvalue weighted by atomic mass is 10.1.